The van der Waals surface area contributed by atoms with Crippen LogP contribution < -0.4 is 11.1 Å². The zero-order chi connectivity index (χ0) is 12.0. The molecule has 0 aliphatic rings. The Labute approximate surface area is 94.9 Å². The van der Waals surface area contributed by atoms with Crippen LogP contribution in [-0.2, 0) is 11.2 Å². The van der Waals surface area contributed by atoms with Gasteiger partial charge in [-0.2, -0.15) is 0 Å². The second-order valence-electron chi connectivity index (χ2n) is 3.44. The van der Waals surface area contributed by atoms with Crippen molar-refractivity contribution in [1.82, 2.24) is 9.97 Å². The molecule has 1 rings (SSSR count). The number of nitrogens with one attached hydrogen (secondary N) is 1. The van der Waals surface area contributed by atoms with E-state index in [4.69, 9.17) is 10.5 Å². The van der Waals surface area contributed by atoms with Crippen molar-refractivity contribution >= 4 is 11.6 Å². The first-order chi connectivity index (χ1) is 7.65. The molecular weight excluding hydrogens is 208 g/mol. The average Bonchev–Trinajstić information content (AvgIpc) is 2.26. The lowest BCUT2D eigenvalue weighted by molar-refractivity contribution is 0.0727. The largest absolute Gasteiger partial charge is 0.389 e. The number of ether oxygens (including phenoxy) is 1. The zero-order valence-corrected chi connectivity index (χ0v) is 9.60. The standard InChI is InChI=1S/C10H18N4O2/c1-3-9-13-8(11)4-10(14-9)12-5-7(15)6-16-2/h4,7,15H,3,5-6H2,1-2H3,(H3,11,12,13,14). The minimum Gasteiger partial charge on any atom is -0.389 e. The summed E-state index contributed by atoms with van der Waals surface area (Å²) in [4.78, 5) is 8.29. The molecule has 4 N–H and O–H groups in total. The van der Waals surface area contributed by atoms with Crippen molar-refractivity contribution in [2.75, 3.05) is 31.3 Å². The van der Waals surface area contributed by atoms with Crippen LogP contribution in [0.5, 0.6) is 0 Å². The van der Waals surface area contributed by atoms with Crippen molar-refractivity contribution in [1.29, 1.82) is 0 Å². The number of nitrogen functional groups attached to an aromatic ring is 1. The van der Waals surface area contributed by atoms with Crippen molar-refractivity contribution < 1.29 is 9.84 Å². The van der Waals surface area contributed by atoms with Crippen molar-refractivity contribution in [3.05, 3.63) is 11.9 Å². The fourth-order valence-corrected chi connectivity index (χ4v) is 1.24. The van der Waals surface area contributed by atoms with E-state index in [1.54, 1.807) is 13.2 Å². The zero-order valence-electron chi connectivity index (χ0n) is 9.60. The minimum absolute atomic E-state index is 0.286. The predicted octanol–water partition coefficient (Wildman–Crippen LogP) is 0.0404. The fourth-order valence-electron chi connectivity index (χ4n) is 1.24. The second kappa shape index (κ2) is 6.24. The van der Waals surface area contributed by atoms with Gasteiger partial charge >= 0.3 is 0 Å². The van der Waals surface area contributed by atoms with E-state index in [9.17, 15) is 5.11 Å². The number of hydrogen-bond acceptors (Lipinski definition) is 6. The van der Waals surface area contributed by atoms with Crippen LogP contribution in [0, 0.1) is 0 Å². The average molecular weight is 226 g/mol. The summed E-state index contributed by atoms with van der Waals surface area (Å²) in [5.41, 5.74) is 5.62. The Morgan fingerprint density at radius 2 is 2.31 bits per heavy atom. The smallest absolute Gasteiger partial charge is 0.132 e. The van der Waals surface area contributed by atoms with Crippen LogP contribution in [0.2, 0.25) is 0 Å². The summed E-state index contributed by atoms with van der Waals surface area (Å²) in [6, 6.07) is 1.64. The maximum Gasteiger partial charge on any atom is 0.132 e. The van der Waals surface area contributed by atoms with Gasteiger partial charge in [0.05, 0.1) is 12.7 Å². The molecular formula is C10H18N4O2. The third-order valence-corrected chi connectivity index (χ3v) is 1.99. The number of nitrogens with two attached hydrogens (primary N) is 1. The van der Waals surface area contributed by atoms with Crippen LogP contribution in [0.4, 0.5) is 11.6 Å². The number of nitrogens with zero attached hydrogens (tertiary/aromatic N) is 2. The summed E-state index contributed by atoms with van der Waals surface area (Å²) in [7, 11) is 1.54. The maximum absolute atomic E-state index is 9.44. The van der Waals surface area contributed by atoms with Crippen LogP contribution in [0.25, 0.3) is 0 Å². The molecule has 0 amide bonds. The third-order valence-electron chi connectivity index (χ3n) is 1.99. The number of aromatic nitrogens is 2. The molecule has 0 radical (unpaired) electrons. The van der Waals surface area contributed by atoms with Gasteiger partial charge in [0.1, 0.15) is 17.5 Å². The lowest BCUT2D eigenvalue weighted by Gasteiger charge is -2.11. The Balaban J connectivity index is 2.56. The third kappa shape index (κ3) is 4.00. The molecule has 90 valence electrons. The van der Waals surface area contributed by atoms with Gasteiger partial charge in [0.2, 0.25) is 0 Å². The number of hydrogen-bond donors (Lipinski definition) is 3. The number of methoxy groups -OCH3 is 1. The van der Waals surface area contributed by atoms with Gasteiger partial charge < -0.3 is 20.9 Å². The SMILES string of the molecule is CCc1nc(N)cc(NCC(O)COC)n1. The molecule has 0 aliphatic heterocycles. The van der Waals surface area contributed by atoms with Crippen molar-refractivity contribution in [3.63, 3.8) is 0 Å². The molecule has 1 aromatic heterocycles. The van der Waals surface area contributed by atoms with E-state index < -0.39 is 6.10 Å². The highest BCUT2D eigenvalue weighted by atomic mass is 16.5. The quantitative estimate of drug-likeness (QED) is 0.634. The van der Waals surface area contributed by atoms with E-state index in [1.165, 1.54) is 0 Å². The van der Waals surface area contributed by atoms with Crippen LogP contribution in [0.3, 0.4) is 0 Å². The van der Waals surface area contributed by atoms with E-state index in [-0.39, 0.29) is 6.61 Å². The maximum atomic E-state index is 9.44. The van der Waals surface area contributed by atoms with Crippen LogP contribution in [-0.4, -0.2) is 41.4 Å². The fraction of sp³-hybridized carbons (Fsp3) is 0.600. The Bertz CT molecular complexity index is 333. The van der Waals surface area contributed by atoms with E-state index in [1.807, 2.05) is 6.92 Å². The highest BCUT2D eigenvalue weighted by Gasteiger charge is 2.05. The number of aliphatic hydroxyl groups excluding tert-OH is 1. The van der Waals surface area contributed by atoms with Crippen LogP contribution in [0.15, 0.2) is 6.07 Å². The van der Waals surface area contributed by atoms with Crippen molar-refractivity contribution in [2.45, 2.75) is 19.4 Å². The Hall–Kier alpha value is -1.40. The van der Waals surface area contributed by atoms with Gasteiger partial charge in [-0.25, -0.2) is 9.97 Å². The molecule has 16 heavy (non-hydrogen) atoms. The first-order valence-electron chi connectivity index (χ1n) is 5.20. The molecule has 0 saturated carbocycles. The van der Waals surface area contributed by atoms with E-state index in [0.29, 0.717) is 24.0 Å². The summed E-state index contributed by atoms with van der Waals surface area (Å²) >= 11 is 0. The molecule has 6 nitrogen and oxygen atoms in total. The minimum atomic E-state index is -0.564. The summed E-state index contributed by atoms with van der Waals surface area (Å²) in [6.07, 6.45) is 0.159. The summed E-state index contributed by atoms with van der Waals surface area (Å²) in [5, 5.41) is 12.4. The molecule has 0 saturated heterocycles. The van der Waals surface area contributed by atoms with Crippen molar-refractivity contribution in [3.8, 4) is 0 Å². The molecule has 6 heteroatoms. The molecule has 1 atom stereocenters. The van der Waals surface area contributed by atoms with Gasteiger partial charge in [-0.1, -0.05) is 6.92 Å². The van der Waals surface area contributed by atoms with Crippen molar-refractivity contribution in [2.24, 2.45) is 0 Å². The first kappa shape index (κ1) is 12.7. The van der Waals surface area contributed by atoms with E-state index >= 15 is 0 Å². The molecule has 0 bridgehead atoms. The number of anilines is 2. The van der Waals surface area contributed by atoms with Gasteiger partial charge in [0.15, 0.2) is 0 Å². The lowest BCUT2D eigenvalue weighted by atomic mass is 10.3. The van der Waals surface area contributed by atoms with Crippen LogP contribution >= 0.6 is 0 Å². The number of aryl methyl sites for hydroxylation is 1. The molecule has 0 spiro atoms. The molecule has 1 unspecified atom stereocenters. The number of aliphatic hydroxyl groups is 1. The summed E-state index contributed by atoms with van der Waals surface area (Å²) in [5.74, 6) is 1.74. The number of rotatable bonds is 6. The van der Waals surface area contributed by atoms with E-state index in [0.717, 1.165) is 6.42 Å². The Morgan fingerprint density at radius 1 is 1.56 bits per heavy atom. The van der Waals surface area contributed by atoms with Gasteiger partial charge in [0.25, 0.3) is 0 Å². The normalized spacial score (nSPS) is 12.4. The van der Waals surface area contributed by atoms with E-state index in [2.05, 4.69) is 15.3 Å². The monoisotopic (exact) mass is 226 g/mol. The highest BCUT2D eigenvalue weighted by molar-refractivity contribution is 5.44. The second-order valence-corrected chi connectivity index (χ2v) is 3.44. The Morgan fingerprint density at radius 3 is 2.94 bits per heavy atom. The lowest BCUT2D eigenvalue weighted by Crippen LogP contribution is -2.24. The Kier molecular flexibility index (Phi) is 4.94. The summed E-state index contributed by atoms with van der Waals surface area (Å²) < 4.78 is 4.81. The van der Waals surface area contributed by atoms with Crippen LogP contribution in [0.1, 0.15) is 12.7 Å². The molecule has 0 aromatic carbocycles. The summed E-state index contributed by atoms with van der Waals surface area (Å²) in [6.45, 7) is 2.61. The van der Waals surface area contributed by atoms with Gasteiger partial charge in [0, 0.05) is 26.1 Å². The van der Waals surface area contributed by atoms with Gasteiger partial charge in [-0.15, -0.1) is 0 Å². The highest BCUT2D eigenvalue weighted by Crippen LogP contribution is 2.08. The van der Waals surface area contributed by atoms with Gasteiger partial charge in [-0.05, 0) is 0 Å². The molecule has 1 heterocycles. The molecule has 0 aliphatic carbocycles. The molecule has 1 aromatic rings. The van der Waals surface area contributed by atoms with Gasteiger partial charge in [-0.3, -0.25) is 0 Å². The topological polar surface area (TPSA) is 93.3 Å². The molecule has 0 fully saturated rings. The predicted molar refractivity (Wildman–Crippen MR) is 62.2 cm³/mol. The first-order valence-corrected chi connectivity index (χ1v) is 5.20.